The van der Waals surface area contributed by atoms with Crippen molar-refractivity contribution >= 4 is 5.97 Å². The highest BCUT2D eigenvalue weighted by Crippen LogP contribution is 2.22. The number of hydrogen-bond donors (Lipinski definition) is 1. The highest BCUT2D eigenvalue weighted by Gasteiger charge is 2.07. The van der Waals surface area contributed by atoms with Gasteiger partial charge in [-0.2, -0.15) is 0 Å². The fraction of sp³-hybridized carbons (Fsp3) is 0.462. The number of carboxylic acids is 1. The minimum Gasteiger partial charge on any atom is -0.481 e. The van der Waals surface area contributed by atoms with Gasteiger partial charge in [-0.05, 0) is 29.9 Å². The quantitative estimate of drug-likeness (QED) is 0.803. The predicted octanol–water partition coefficient (Wildman–Crippen LogP) is 3.22. The second-order valence-corrected chi connectivity index (χ2v) is 3.83. The molecule has 1 rings (SSSR count). The summed E-state index contributed by atoms with van der Waals surface area (Å²) in [5.74, 6) is -0.172. The Labute approximate surface area is 90.9 Å². The molecule has 0 aliphatic heterocycles. The molecule has 0 fully saturated rings. The number of rotatable bonds is 5. The summed E-state index contributed by atoms with van der Waals surface area (Å²) in [4.78, 5) is 10.5. The van der Waals surface area contributed by atoms with E-state index in [-0.39, 0.29) is 6.42 Å². The standard InChI is InChI=1S/C13H18O2/c1-3-11(4-2)12-7-5-10(6-8-12)9-13(14)15/h5-8,11H,3-4,9H2,1-2H3,(H,14,15). The molecule has 15 heavy (non-hydrogen) atoms. The van der Waals surface area contributed by atoms with Crippen LogP contribution in [0.2, 0.25) is 0 Å². The molecule has 0 saturated carbocycles. The normalized spacial score (nSPS) is 10.6. The fourth-order valence-corrected chi connectivity index (χ4v) is 1.84. The second-order valence-electron chi connectivity index (χ2n) is 3.83. The minimum absolute atomic E-state index is 0.114. The molecule has 0 radical (unpaired) electrons. The lowest BCUT2D eigenvalue weighted by atomic mass is 9.93. The lowest BCUT2D eigenvalue weighted by molar-refractivity contribution is -0.136. The molecule has 0 aliphatic rings. The number of benzene rings is 1. The van der Waals surface area contributed by atoms with Crippen LogP contribution in [0.4, 0.5) is 0 Å². The summed E-state index contributed by atoms with van der Waals surface area (Å²) >= 11 is 0. The van der Waals surface area contributed by atoms with Crippen molar-refractivity contribution in [2.45, 2.75) is 39.0 Å². The van der Waals surface area contributed by atoms with E-state index in [4.69, 9.17) is 5.11 Å². The monoisotopic (exact) mass is 206 g/mol. The Balaban J connectivity index is 2.75. The van der Waals surface area contributed by atoms with Gasteiger partial charge in [-0.1, -0.05) is 38.1 Å². The first-order valence-corrected chi connectivity index (χ1v) is 5.48. The van der Waals surface area contributed by atoms with Crippen LogP contribution < -0.4 is 0 Å². The van der Waals surface area contributed by atoms with E-state index in [1.54, 1.807) is 0 Å². The van der Waals surface area contributed by atoms with Crippen LogP contribution in [0.25, 0.3) is 0 Å². The van der Waals surface area contributed by atoms with Crippen molar-refractivity contribution in [3.8, 4) is 0 Å². The average molecular weight is 206 g/mol. The first-order valence-electron chi connectivity index (χ1n) is 5.48. The molecule has 82 valence electrons. The van der Waals surface area contributed by atoms with E-state index >= 15 is 0 Å². The summed E-state index contributed by atoms with van der Waals surface area (Å²) in [7, 11) is 0. The van der Waals surface area contributed by atoms with Crippen molar-refractivity contribution in [3.05, 3.63) is 35.4 Å². The Morgan fingerprint density at radius 2 is 1.73 bits per heavy atom. The zero-order valence-electron chi connectivity index (χ0n) is 9.36. The van der Waals surface area contributed by atoms with Gasteiger partial charge in [0.25, 0.3) is 0 Å². The van der Waals surface area contributed by atoms with E-state index < -0.39 is 5.97 Å². The van der Waals surface area contributed by atoms with E-state index in [1.165, 1.54) is 5.56 Å². The molecule has 0 saturated heterocycles. The van der Waals surface area contributed by atoms with E-state index in [2.05, 4.69) is 26.0 Å². The third-order valence-electron chi connectivity index (χ3n) is 2.79. The smallest absolute Gasteiger partial charge is 0.307 e. The molecule has 0 aromatic heterocycles. The zero-order chi connectivity index (χ0) is 11.3. The van der Waals surface area contributed by atoms with Gasteiger partial charge >= 0.3 is 5.97 Å². The molecule has 0 aliphatic carbocycles. The molecule has 1 aromatic carbocycles. The maximum atomic E-state index is 10.5. The minimum atomic E-state index is -0.773. The van der Waals surface area contributed by atoms with Gasteiger partial charge < -0.3 is 5.11 Å². The summed E-state index contributed by atoms with van der Waals surface area (Å²) in [6, 6.07) is 7.94. The summed E-state index contributed by atoms with van der Waals surface area (Å²) in [6.45, 7) is 4.36. The van der Waals surface area contributed by atoms with Crippen molar-refractivity contribution in [1.29, 1.82) is 0 Å². The molecule has 2 heteroatoms. The van der Waals surface area contributed by atoms with Crippen molar-refractivity contribution in [2.75, 3.05) is 0 Å². The Bertz CT molecular complexity index is 310. The van der Waals surface area contributed by atoms with Gasteiger partial charge in [-0.25, -0.2) is 0 Å². The van der Waals surface area contributed by atoms with Crippen LogP contribution in [0, 0.1) is 0 Å². The van der Waals surface area contributed by atoms with Crippen molar-refractivity contribution in [2.24, 2.45) is 0 Å². The van der Waals surface area contributed by atoms with Crippen molar-refractivity contribution in [1.82, 2.24) is 0 Å². The van der Waals surface area contributed by atoms with E-state index in [9.17, 15) is 4.79 Å². The number of carbonyl (C=O) groups is 1. The zero-order valence-corrected chi connectivity index (χ0v) is 9.36. The summed E-state index contributed by atoms with van der Waals surface area (Å²) in [5, 5.41) is 8.64. The molecule has 0 amide bonds. The third-order valence-corrected chi connectivity index (χ3v) is 2.79. The van der Waals surface area contributed by atoms with E-state index in [1.807, 2.05) is 12.1 Å². The molecule has 0 atom stereocenters. The molecule has 0 unspecified atom stereocenters. The number of hydrogen-bond acceptors (Lipinski definition) is 1. The first-order chi connectivity index (χ1) is 7.17. The fourth-order valence-electron chi connectivity index (χ4n) is 1.84. The second kappa shape index (κ2) is 5.54. The maximum Gasteiger partial charge on any atom is 0.307 e. The molecular weight excluding hydrogens is 188 g/mol. The first kappa shape index (κ1) is 11.8. The lowest BCUT2D eigenvalue weighted by Crippen LogP contribution is -2.01. The average Bonchev–Trinajstić information content (AvgIpc) is 2.21. The van der Waals surface area contributed by atoms with Crippen LogP contribution in [0.1, 0.15) is 43.7 Å². The molecule has 0 heterocycles. The predicted molar refractivity (Wildman–Crippen MR) is 61.1 cm³/mol. The Morgan fingerprint density at radius 3 is 2.13 bits per heavy atom. The molecule has 2 nitrogen and oxygen atoms in total. The van der Waals surface area contributed by atoms with Gasteiger partial charge in [0.15, 0.2) is 0 Å². The maximum absolute atomic E-state index is 10.5. The molecule has 0 spiro atoms. The summed E-state index contributed by atoms with van der Waals surface area (Å²) in [6.07, 6.45) is 2.38. The molecule has 1 N–H and O–H groups in total. The van der Waals surface area contributed by atoms with Gasteiger partial charge in [0.2, 0.25) is 0 Å². The Hall–Kier alpha value is -1.31. The molecule has 1 aromatic rings. The topological polar surface area (TPSA) is 37.3 Å². The van der Waals surface area contributed by atoms with Gasteiger partial charge in [0.05, 0.1) is 6.42 Å². The summed E-state index contributed by atoms with van der Waals surface area (Å²) < 4.78 is 0. The highest BCUT2D eigenvalue weighted by atomic mass is 16.4. The van der Waals surface area contributed by atoms with Crippen molar-refractivity contribution < 1.29 is 9.90 Å². The third kappa shape index (κ3) is 3.39. The molecule has 0 bridgehead atoms. The number of carboxylic acid groups (broad SMARTS) is 1. The van der Waals surface area contributed by atoms with Gasteiger partial charge in [0, 0.05) is 0 Å². The Kier molecular flexibility index (Phi) is 4.35. The van der Waals surface area contributed by atoms with E-state index in [0.29, 0.717) is 5.92 Å². The SMILES string of the molecule is CCC(CC)c1ccc(CC(=O)O)cc1. The highest BCUT2D eigenvalue weighted by molar-refractivity contribution is 5.70. The van der Waals surface area contributed by atoms with E-state index in [0.717, 1.165) is 18.4 Å². The lowest BCUT2D eigenvalue weighted by Gasteiger charge is -2.12. The van der Waals surface area contributed by atoms with Crippen LogP contribution in [-0.2, 0) is 11.2 Å². The summed E-state index contributed by atoms with van der Waals surface area (Å²) in [5.41, 5.74) is 2.19. The number of aliphatic carboxylic acids is 1. The van der Waals surface area contributed by atoms with Crippen molar-refractivity contribution in [3.63, 3.8) is 0 Å². The molecular formula is C13H18O2. The van der Waals surface area contributed by atoms with Crippen LogP contribution >= 0.6 is 0 Å². The van der Waals surface area contributed by atoms with Gasteiger partial charge in [-0.15, -0.1) is 0 Å². The van der Waals surface area contributed by atoms with Crippen LogP contribution in [0.15, 0.2) is 24.3 Å². The van der Waals surface area contributed by atoms with Gasteiger partial charge in [0.1, 0.15) is 0 Å². The van der Waals surface area contributed by atoms with Crippen LogP contribution in [-0.4, -0.2) is 11.1 Å². The largest absolute Gasteiger partial charge is 0.481 e. The Morgan fingerprint density at radius 1 is 1.20 bits per heavy atom. The van der Waals surface area contributed by atoms with Crippen LogP contribution in [0.3, 0.4) is 0 Å². The van der Waals surface area contributed by atoms with Gasteiger partial charge in [-0.3, -0.25) is 4.79 Å². The van der Waals surface area contributed by atoms with Crippen LogP contribution in [0.5, 0.6) is 0 Å².